The van der Waals surface area contributed by atoms with Crippen molar-refractivity contribution in [3.8, 4) is 5.75 Å². The maximum atomic E-state index is 13.8. The van der Waals surface area contributed by atoms with Crippen molar-refractivity contribution < 1.29 is 19.1 Å². The van der Waals surface area contributed by atoms with Gasteiger partial charge in [-0.2, -0.15) is 0 Å². The number of ether oxygens (including phenoxy) is 2. The van der Waals surface area contributed by atoms with Gasteiger partial charge >= 0.3 is 0 Å². The van der Waals surface area contributed by atoms with Crippen LogP contribution in [-0.4, -0.2) is 61.6 Å². The third kappa shape index (κ3) is 6.89. The summed E-state index contributed by atoms with van der Waals surface area (Å²) in [6.45, 7) is 4.05. The Morgan fingerprint density at radius 2 is 1.89 bits per heavy atom. The van der Waals surface area contributed by atoms with Crippen LogP contribution in [0.25, 0.3) is 0 Å². The van der Waals surface area contributed by atoms with Crippen molar-refractivity contribution >= 4 is 46.4 Å². The average molecular weight is 576 g/mol. The average Bonchev–Trinajstić information content (AvgIpc) is 3.39. The standard InChI is InChI=1S/C29H32Cl2N2O4S/c1-3-37-15-4-13-32(27(34)17-20-5-8-22(36-2)9-6-20)19-28(35)33-14-11-26-24(12-16-38-26)29(33)23-10-7-21(30)18-25(23)31/h5-10,12,16,18,29H,3-4,11,13-15,17,19H2,1-2H3. The summed E-state index contributed by atoms with van der Waals surface area (Å²) in [5.41, 5.74) is 2.77. The molecule has 9 heteroatoms. The molecule has 4 rings (SSSR count). The minimum Gasteiger partial charge on any atom is -0.497 e. The van der Waals surface area contributed by atoms with Crippen molar-refractivity contribution in [1.82, 2.24) is 9.80 Å². The molecule has 6 nitrogen and oxygen atoms in total. The van der Waals surface area contributed by atoms with E-state index in [1.165, 1.54) is 4.88 Å². The Bertz CT molecular complexity index is 1250. The van der Waals surface area contributed by atoms with Gasteiger partial charge in [-0.05, 0) is 72.2 Å². The molecule has 1 aliphatic heterocycles. The zero-order valence-electron chi connectivity index (χ0n) is 21.6. The van der Waals surface area contributed by atoms with Gasteiger partial charge in [0.2, 0.25) is 11.8 Å². The third-order valence-corrected chi connectivity index (χ3v) is 8.22. The molecule has 2 heterocycles. The van der Waals surface area contributed by atoms with E-state index in [1.807, 2.05) is 47.5 Å². The Labute approximate surface area is 238 Å². The molecular weight excluding hydrogens is 543 g/mol. The summed E-state index contributed by atoms with van der Waals surface area (Å²) in [6, 6.07) is 14.5. The topological polar surface area (TPSA) is 59.1 Å². The molecule has 0 saturated carbocycles. The highest BCUT2D eigenvalue weighted by Crippen LogP contribution is 2.41. The highest BCUT2D eigenvalue weighted by molar-refractivity contribution is 7.10. The first-order chi connectivity index (χ1) is 18.4. The lowest BCUT2D eigenvalue weighted by Gasteiger charge is -2.38. The molecule has 1 atom stereocenters. The van der Waals surface area contributed by atoms with Gasteiger partial charge in [-0.3, -0.25) is 9.59 Å². The van der Waals surface area contributed by atoms with Gasteiger partial charge in [0.1, 0.15) is 5.75 Å². The van der Waals surface area contributed by atoms with Gasteiger partial charge in [0.15, 0.2) is 0 Å². The van der Waals surface area contributed by atoms with E-state index in [9.17, 15) is 9.59 Å². The number of halogens is 2. The largest absolute Gasteiger partial charge is 0.497 e. The summed E-state index contributed by atoms with van der Waals surface area (Å²) >= 11 is 14.5. The third-order valence-electron chi connectivity index (χ3n) is 6.66. The van der Waals surface area contributed by atoms with E-state index in [2.05, 4.69) is 6.07 Å². The first-order valence-electron chi connectivity index (χ1n) is 12.7. The fourth-order valence-electron chi connectivity index (χ4n) is 4.72. The maximum Gasteiger partial charge on any atom is 0.242 e. The van der Waals surface area contributed by atoms with Crippen LogP contribution in [0.1, 0.15) is 41.0 Å². The van der Waals surface area contributed by atoms with Crippen LogP contribution in [0.2, 0.25) is 10.0 Å². The minimum absolute atomic E-state index is 0.0116. The number of fused-ring (bicyclic) bond motifs is 1. The smallest absolute Gasteiger partial charge is 0.242 e. The second-order valence-electron chi connectivity index (χ2n) is 9.10. The van der Waals surface area contributed by atoms with Crippen LogP contribution in [0, 0.1) is 0 Å². The van der Waals surface area contributed by atoms with Crippen molar-refractivity contribution in [3.63, 3.8) is 0 Å². The first kappa shape index (κ1) is 28.4. The number of carbonyl (C=O) groups excluding carboxylic acids is 2. The van der Waals surface area contributed by atoms with Gasteiger partial charge in [-0.25, -0.2) is 0 Å². The van der Waals surface area contributed by atoms with Gasteiger partial charge in [0.05, 0.1) is 26.1 Å². The Morgan fingerprint density at radius 3 is 2.61 bits per heavy atom. The van der Waals surface area contributed by atoms with Crippen molar-refractivity contribution in [2.45, 2.75) is 32.2 Å². The predicted molar refractivity (Wildman–Crippen MR) is 152 cm³/mol. The van der Waals surface area contributed by atoms with Crippen LogP contribution < -0.4 is 4.74 Å². The molecule has 0 bridgehead atoms. The van der Waals surface area contributed by atoms with Gasteiger partial charge < -0.3 is 19.3 Å². The summed E-state index contributed by atoms with van der Waals surface area (Å²) in [5, 5.41) is 3.11. The lowest BCUT2D eigenvalue weighted by atomic mass is 9.93. The second kappa shape index (κ2) is 13.5. The maximum absolute atomic E-state index is 13.8. The van der Waals surface area contributed by atoms with Gasteiger partial charge in [-0.1, -0.05) is 41.4 Å². The molecule has 38 heavy (non-hydrogen) atoms. The number of thiophene rings is 1. The number of benzene rings is 2. The number of rotatable bonds is 11. The van der Waals surface area contributed by atoms with Crippen molar-refractivity contribution in [2.75, 3.05) is 40.0 Å². The van der Waals surface area contributed by atoms with E-state index >= 15 is 0 Å². The number of nitrogens with zero attached hydrogens (tertiary/aromatic N) is 2. The molecule has 0 spiro atoms. The van der Waals surface area contributed by atoms with E-state index < -0.39 is 0 Å². The molecule has 1 unspecified atom stereocenters. The summed E-state index contributed by atoms with van der Waals surface area (Å²) < 4.78 is 10.7. The molecule has 2 aromatic carbocycles. The quantitative estimate of drug-likeness (QED) is 0.262. The SMILES string of the molecule is CCOCCCN(CC(=O)N1CCc2sccc2C1c1ccc(Cl)cc1Cl)C(=O)Cc1ccc(OC)cc1. The zero-order valence-corrected chi connectivity index (χ0v) is 24.0. The summed E-state index contributed by atoms with van der Waals surface area (Å²) in [5.74, 6) is 0.515. The van der Waals surface area contributed by atoms with Crippen LogP contribution >= 0.6 is 34.5 Å². The molecule has 2 amide bonds. The Morgan fingerprint density at radius 1 is 1.11 bits per heavy atom. The predicted octanol–water partition coefficient (Wildman–Crippen LogP) is 6.04. The Hall–Kier alpha value is -2.58. The zero-order chi connectivity index (χ0) is 27.1. The van der Waals surface area contributed by atoms with Crippen LogP contribution in [0.4, 0.5) is 0 Å². The van der Waals surface area contributed by atoms with Crippen LogP contribution in [0.15, 0.2) is 53.9 Å². The number of hydrogen-bond donors (Lipinski definition) is 0. The van der Waals surface area contributed by atoms with Crippen LogP contribution in [0.5, 0.6) is 5.75 Å². The summed E-state index contributed by atoms with van der Waals surface area (Å²) in [6.07, 6.45) is 1.62. The summed E-state index contributed by atoms with van der Waals surface area (Å²) in [4.78, 5) is 32.0. The fraction of sp³-hybridized carbons (Fsp3) is 0.379. The number of carbonyl (C=O) groups is 2. The number of amides is 2. The highest BCUT2D eigenvalue weighted by Gasteiger charge is 2.35. The van der Waals surface area contributed by atoms with E-state index in [4.69, 9.17) is 32.7 Å². The van der Waals surface area contributed by atoms with Gasteiger partial charge in [0.25, 0.3) is 0 Å². The van der Waals surface area contributed by atoms with Gasteiger partial charge in [-0.15, -0.1) is 11.3 Å². The molecule has 3 aromatic rings. The molecule has 0 radical (unpaired) electrons. The molecule has 0 fully saturated rings. The number of methoxy groups -OCH3 is 1. The molecule has 1 aliphatic rings. The summed E-state index contributed by atoms with van der Waals surface area (Å²) in [7, 11) is 1.61. The second-order valence-corrected chi connectivity index (χ2v) is 10.9. The van der Waals surface area contributed by atoms with Crippen molar-refractivity contribution in [2.24, 2.45) is 0 Å². The fourth-order valence-corrected chi connectivity index (χ4v) is 6.14. The van der Waals surface area contributed by atoms with Crippen LogP contribution in [0.3, 0.4) is 0 Å². The molecular formula is C29H32Cl2N2O4S. The molecule has 0 aliphatic carbocycles. The minimum atomic E-state index is -0.329. The van der Waals surface area contributed by atoms with Crippen molar-refractivity contribution in [1.29, 1.82) is 0 Å². The molecule has 0 N–H and O–H groups in total. The first-order valence-corrected chi connectivity index (χ1v) is 14.3. The monoisotopic (exact) mass is 574 g/mol. The van der Waals surface area contributed by atoms with E-state index in [0.29, 0.717) is 42.8 Å². The lowest BCUT2D eigenvalue weighted by molar-refractivity contribution is -0.141. The molecule has 202 valence electrons. The lowest BCUT2D eigenvalue weighted by Crippen LogP contribution is -2.47. The number of hydrogen-bond acceptors (Lipinski definition) is 5. The normalized spacial score (nSPS) is 14.7. The van der Waals surface area contributed by atoms with Crippen LogP contribution in [-0.2, 0) is 27.2 Å². The van der Waals surface area contributed by atoms with E-state index in [0.717, 1.165) is 28.9 Å². The van der Waals surface area contributed by atoms with E-state index in [-0.39, 0.29) is 30.8 Å². The van der Waals surface area contributed by atoms with E-state index in [1.54, 1.807) is 35.5 Å². The molecule has 0 saturated heterocycles. The molecule has 1 aromatic heterocycles. The van der Waals surface area contributed by atoms with Crippen molar-refractivity contribution in [3.05, 3.63) is 85.5 Å². The van der Waals surface area contributed by atoms with Gasteiger partial charge in [0, 0.05) is 41.2 Å². The Kier molecular flexibility index (Phi) is 10.1. The Balaban J connectivity index is 1.55. The highest BCUT2D eigenvalue weighted by atomic mass is 35.5.